The third-order valence-electron chi connectivity index (χ3n) is 2.18. The van der Waals surface area contributed by atoms with Crippen LogP contribution in [-0.4, -0.2) is 38.5 Å². The summed E-state index contributed by atoms with van der Waals surface area (Å²) in [5.74, 6) is 0.665. The standard InChI is InChI=1S/C11H21N5S/c1-5-10(4)17-11-13-14-15-16(11)7-6-12-8-9(2)3/h5,9-10,12H,1,6-8H2,2-4H3. The van der Waals surface area contributed by atoms with Crippen LogP contribution in [0.4, 0.5) is 0 Å². The fourth-order valence-corrected chi connectivity index (χ4v) is 1.97. The molecule has 0 aliphatic carbocycles. The molecule has 0 saturated carbocycles. The molecule has 6 heteroatoms. The number of thioether (sulfide) groups is 1. The largest absolute Gasteiger partial charge is 0.315 e. The molecule has 0 fully saturated rings. The number of nitrogens with zero attached hydrogens (tertiary/aromatic N) is 4. The Morgan fingerprint density at radius 1 is 1.47 bits per heavy atom. The number of hydrogen-bond donors (Lipinski definition) is 1. The molecule has 1 heterocycles. The summed E-state index contributed by atoms with van der Waals surface area (Å²) in [7, 11) is 0. The molecule has 0 saturated heterocycles. The number of aromatic nitrogens is 4. The van der Waals surface area contributed by atoms with E-state index in [1.807, 2.05) is 10.8 Å². The molecule has 5 nitrogen and oxygen atoms in total. The summed E-state index contributed by atoms with van der Waals surface area (Å²) >= 11 is 1.62. The molecule has 1 aromatic rings. The van der Waals surface area contributed by atoms with Gasteiger partial charge in [-0.2, -0.15) is 0 Å². The third kappa shape index (κ3) is 5.32. The van der Waals surface area contributed by atoms with Gasteiger partial charge in [0.1, 0.15) is 0 Å². The monoisotopic (exact) mass is 255 g/mol. The first kappa shape index (κ1) is 14.2. The first-order chi connectivity index (χ1) is 8.13. The Balaban J connectivity index is 2.37. The van der Waals surface area contributed by atoms with E-state index >= 15 is 0 Å². The van der Waals surface area contributed by atoms with Crippen molar-refractivity contribution in [1.29, 1.82) is 0 Å². The minimum atomic E-state index is 0.323. The molecular formula is C11H21N5S. The highest BCUT2D eigenvalue weighted by molar-refractivity contribution is 7.99. The van der Waals surface area contributed by atoms with Crippen molar-refractivity contribution in [1.82, 2.24) is 25.5 Å². The second kappa shape index (κ2) is 7.45. The summed E-state index contributed by atoms with van der Waals surface area (Å²) in [4.78, 5) is 0. The van der Waals surface area contributed by atoms with Crippen molar-refractivity contribution in [3.63, 3.8) is 0 Å². The van der Waals surface area contributed by atoms with Gasteiger partial charge in [-0.3, -0.25) is 0 Å². The third-order valence-corrected chi connectivity index (χ3v) is 3.24. The van der Waals surface area contributed by atoms with Gasteiger partial charge < -0.3 is 5.32 Å². The van der Waals surface area contributed by atoms with Crippen LogP contribution in [0.1, 0.15) is 20.8 Å². The zero-order valence-electron chi connectivity index (χ0n) is 10.8. The van der Waals surface area contributed by atoms with Gasteiger partial charge in [0, 0.05) is 11.8 Å². The van der Waals surface area contributed by atoms with Crippen LogP contribution >= 0.6 is 11.8 Å². The predicted octanol–water partition coefficient (Wildman–Crippen LogP) is 1.59. The molecular weight excluding hydrogens is 234 g/mol. The molecule has 0 aliphatic rings. The highest BCUT2D eigenvalue weighted by Crippen LogP contribution is 2.19. The van der Waals surface area contributed by atoms with E-state index in [-0.39, 0.29) is 0 Å². The summed E-state index contributed by atoms with van der Waals surface area (Å²) in [6.45, 7) is 12.9. The van der Waals surface area contributed by atoms with Gasteiger partial charge in [0.15, 0.2) is 0 Å². The van der Waals surface area contributed by atoms with Crippen LogP contribution in [0, 0.1) is 5.92 Å². The number of rotatable bonds is 8. The van der Waals surface area contributed by atoms with Crippen LogP contribution in [0.5, 0.6) is 0 Å². The molecule has 96 valence electrons. The van der Waals surface area contributed by atoms with E-state index in [9.17, 15) is 0 Å². The summed E-state index contributed by atoms with van der Waals surface area (Å²) < 4.78 is 1.83. The molecule has 0 radical (unpaired) electrons. The highest BCUT2D eigenvalue weighted by Gasteiger charge is 2.09. The van der Waals surface area contributed by atoms with Crippen LogP contribution in [-0.2, 0) is 6.54 Å². The summed E-state index contributed by atoms with van der Waals surface area (Å²) in [5.41, 5.74) is 0. The molecule has 0 spiro atoms. The normalized spacial score (nSPS) is 12.9. The summed E-state index contributed by atoms with van der Waals surface area (Å²) in [5, 5.41) is 16.2. The fourth-order valence-electron chi connectivity index (χ4n) is 1.21. The first-order valence-electron chi connectivity index (χ1n) is 5.89. The van der Waals surface area contributed by atoms with Gasteiger partial charge in [0.25, 0.3) is 0 Å². The SMILES string of the molecule is C=CC(C)Sc1nnnn1CCNCC(C)C. The minimum absolute atomic E-state index is 0.323. The van der Waals surface area contributed by atoms with Gasteiger partial charge in [0.05, 0.1) is 6.54 Å². The van der Waals surface area contributed by atoms with Gasteiger partial charge >= 0.3 is 0 Å². The van der Waals surface area contributed by atoms with E-state index in [1.54, 1.807) is 11.8 Å². The first-order valence-corrected chi connectivity index (χ1v) is 6.77. The van der Waals surface area contributed by atoms with Crippen LogP contribution in [0.15, 0.2) is 17.8 Å². The van der Waals surface area contributed by atoms with E-state index in [0.717, 1.165) is 24.8 Å². The molecule has 1 rings (SSSR count). The summed E-state index contributed by atoms with van der Waals surface area (Å²) in [6.07, 6.45) is 1.89. The van der Waals surface area contributed by atoms with E-state index in [1.165, 1.54) is 0 Å². The average molecular weight is 255 g/mol. The maximum atomic E-state index is 4.01. The minimum Gasteiger partial charge on any atom is -0.315 e. The van der Waals surface area contributed by atoms with Crippen LogP contribution < -0.4 is 5.32 Å². The maximum Gasteiger partial charge on any atom is 0.209 e. The lowest BCUT2D eigenvalue weighted by Gasteiger charge is -2.09. The van der Waals surface area contributed by atoms with Crippen molar-refractivity contribution in [2.45, 2.75) is 37.7 Å². The van der Waals surface area contributed by atoms with Crippen LogP contribution in [0.25, 0.3) is 0 Å². The molecule has 0 aliphatic heterocycles. The van der Waals surface area contributed by atoms with Crippen molar-refractivity contribution in [2.24, 2.45) is 5.92 Å². The zero-order chi connectivity index (χ0) is 12.7. The lowest BCUT2D eigenvalue weighted by Crippen LogP contribution is -2.24. The summed E-state index contributed by atoms with van der Waals surface area (Å²) in [6, 6.07) is 0. The van der Waals surface area contributed by atoms with Crippen molar-refractivity contribution in [2.75, 3.05) is 13.1 Å². The molecule has 17 heavy (non-hydrogen) atoms. The van der Waals surface area contributed by atoms with Crippen molar-refractivity contribution < 1.29 is 0 Å². The number of hydrogen-bond acceptors (Lipinski definition) is 5. The second-order valence-electron chi connectivity index (χ2n) is 4.34. The Bertz CT molecular complexity index is 336. The van der Waals surface area contributed by atoms with Crippen molar-refractivity contribution in [3.05, 3.63) is 12.7 Å². The topological polar surface area (TPSA) is 55.6 Å². The molecule has 1 N–H and O–H groups in total. The number of tetrazole rings is 1. The second-order valence-corrected chi connectivity index (χ2v) is 5.69. The quantitative estimate of drug-likeness (QED) is 0.434. The van der Waals surface area contributed by atoms with E-state index in [0.29, 0.717) is 11.2 Å². The lowest BCUT2D eigenvalue weighted by atomic mass is 10.2. The Labute approximate surface area is 107 Å². The Hall–Kier alpha value is -0.880. The van der Waals surface area contributed by atoms with E-state index < -0.39 is 0 Å². The molecule has 0 amide bonds. The Morgan fingerprint density at radius 3 is 2.88 bits per heavy atom. The van der Waals surface area contributed by atoms with Gasteiger partial charge in [0.2, 0.25) is 5.16 Å². The average Bonchev–Trinajstić information content (AvgIpc) is 2.71. The van der Waals surface area contributed by atoms with E-state index in [2.05, 4.69) is 48.2 Å². The number of nitrogens with one attached hydrogen (secondary N) is 1. The van der Waals surface area contributed by atoms with Crippen molar-refractivity contribution >= 4 is 11.8 Å². The van der Waals surface area contributed by atoms with Crippen LogP contribution in [0.2, 0.25) is 0 Å². The lowest BCUT2D eigenvalue weighted by molar-refractivity contribution is 0.482. The molecule has 1 atom stereocenters. The zero-order valence-corrected chi connectivity index (χ0v) is 11.6. The molecule has 1 unspecified atom stereocenters. The van der Waals surface area contributed by atoms with Crippen molar-refractivity contribution in [3.8, 4) is 0 Å². The Kier molecular flexibility index (Phi) is 6.21. The smallest absolute Gasteiger partial charge is 0.209 e. The van der Waals surface area contributed by atoms with Crippen LogP contribution in [0.3, 0.4) is 0 Å². The van der Waals surface area contributed by atoms with Gasteiger partial charge in [-0.15, -0.1) is 11.7 Å². The molecule has 1 aromatic heterocycles. The molecule has 0 bridgehead atoms. The van der Waals surface area contributed by atoms with E-state index in [4.69, 9.17) is 0 Å². The predicted molar refractivity (Wildman–Crippen MR) is 71.0 cm³/mol. The highest BCUT2D eigenvalue weighted by atomic mass is 32.2. The molecule has 0 aromatic carbocycles. The maximum absolute atomic E-state index is 4.01. The Morgan fingerprint density at radius 2 is 2.24 bits per heavy atom. The van der Waals surface area contributed by atoms with Gasteiger partial charge in [-0.05, 0) is 29.8 Å². The van der Waals surface area contributed by atoms with Gasteiger partial charge in [-0.1, -0.05) is 31.7 Å². The van der Waals surface area contributed by atoms with Gasteiger partial charge in [-0.25, -0.2) is 4.68 Å². The fraction of sp³-hybridized carbons (Fsp3) is 0.727.